The Labute approximate surface area is 124 Å². The molecule has 0 aliphatic heterocycles. The molecule has 2 N–H and O–H groups in total. The van der Waals surface area contributed by atoms with E-state index in [4.69, 9.17) is 0 Å². The molecule has 0 aromatic carbocycles. The first-order valence-electron chi connectivity index (χ1n) is 7.85. The molecule has 1 aromatic heterocycles. The van der Waals surface area contributed by atoms with E-state index in [-0.39, 0.29) is 5.91 Å². The molecule has 3 saturated carbocycles. The number of aryl methyl sites for hydroxylation is 1. The van der Waals surface area contributed by atoms with Crippen molar-refractivity contribution in [2.45, 2.75) is 57.0 Å². The lowest BCUT2D eigenvalue weighted by molar-refractivity contribution is 0.0951. The van der Waals surface area contributed by atoms with Crippen LogP contribution in [-0.2, 0) is 0 Å². The Morgan fingerprint density at radius 1 is 1.35 bits per heavy atom. The first-order valence-corrected chi connectivity index (χ1v) is 8.67. The van der Waals surface area contributed by atoms with Crippen molar-refractivity contribution < 1.29 is 4.79 Å². The molecule has 108 valence electrons. The summed E-state index contributed by atoms with van der Waals surface area (Å²) >= 11 is 1.81. The molecule has 0 spiro atoms. The zero-order chi connectivity index (χ0) is 13.7. The zero-order valence-corrected chi connectivity index (χ0v) is 12.8. The molecule has 0 bridgehead atoms. The van der Waals surface area contributed by atoms with Crippen LogP contribution in [0.1, 0.15) is 58.1 Å². The van der Waals surface area contributed by atoms with Crippen LogP contribution < -0.4 is 10.6 Å². The molecule has 3 aliphatic carbocycles. The van der Waals surface area contributed by atoms with Gasteiger partial charge in [-0.15, -0.1) is 11.3 Å². The average Bonchev–Trinajstić information content (AvgIpc) is 3.28. The smallest absolute Gasteiger partial charge is 0.252 e. The third-order valence-corrected chi connectivity index (χ3v) is 5.80. The largest absolute Gasteiger partial charge is 0.349 e. The normalized spacial score (nSPS) is 28.4. The molecule has 4 heteroatoms. The lowest BCUT2D eigenvalue weighted by Crippen LogP contribution is -2.25. The van der Waals surface area contributed by atoms with Gasteiger partial charge in [0.2, 0.25) is 0 Å². The number of carbonyl (C=O) groups is 1. The van der Waals surface area contributed by atoms with E-state index in [2.05, 4.69) is 23.6 Å². The summed E-state index contributed by atoms with van der Waals surface area (Å²) in [6.07, 6.45) is 6.37. The number of thiophene rings is 1. The Bertz CT molecular complexity index is 531. The van der Waals surface area contributed by atoms with Gasteiger partial charge in [-0.3, -0.25) is 4.79 Å². The highest BCUT2D eigenvalue weighted by molar-refractivity contribution is 7.12. The van der Waals surface area contributed by atoms with Crippen LogP contribution in [0.3, 0.4) is 0 Å². The molecule has 2 atom stereocenters. The molecular formula is C16H22N2OS. The second-order valence-corrected chi connectivity index (χ2v) is 7.95. The van der Waals surface area contributed by atoms with Crippen molar-refractivity contribution in [3.63, 3.8) is 0 Å². The monoisotopic (exact) mass is 290 g/mol. The van der Waals surface area contributed by atoms with Crippen molar-refractivity contribution in [3.05, 3.63) is 21.4 Å². The Kier molecular flexibility index (Phi) is 3.11. The molecular weight excluding hydrogens is 268 g/mol. The van der Waals surface area contributed by atoms with Crippen LogP contribution in [0, 0.1) is 12.8 Å². The number of hydrogen-bond donors (Lipinski definition) is 2. The summed E-state index contributed by atoms with van der Waals surface area (Å²) in [4.78, 5) is 14.7. The summed E-state index contributed by atoms with van der Waals surface area (Å²) in [6.45, 7) is 3.27. The molecule has 1 heterocycles. The molecule has 20 heavy (non-hydrogen) atoms. The SMILES string of the molecule is Cc1sc(C2CC2NCC2CC2)cc1C(=O)NC1CC1. The molecule has 3 nitrogen and oxygen atoms in total. The summed E-state index contributed by atoms with van der Waals surface area (Å²) in [6, 6.07) is 3.24. The van der Waals surface area contributed by atoms with Gasteiger partial charge in [0.15, 0.2) is 0 Å². The molecule has 2 unspecified atom stereocenters. The Morgan fingerprint density at radius 3 is 2.85 bits per heavy atom. The summed E-state index contributed by atoms with van der Waals surface area (Å²) < 4.78 is 0. The third-order valence-electron chi connectivity index (χ3n) is 4.62. The minimum Gasteiger partial charge on any atom is -0.349 e. The van der Waals surface area contributed by atoms with Gasteiger partial charge in [0.1, 0.15) is 0 Å². The van der Waals surface area contributed by atoms with Crippen molar-refractivity contribution in [1.82, 2.24) is 10.6 Å². The molecule has 4 rings (SSSR count). The first-order chi connectivity index (χ1) is 9.70. The van der Waals surface area contributed by atoms with Crippen LogP contribution >= 0.6 is 11.3 Å². The molecule has 0 saturated heterocycles. The van der Waals surface area contributed by atoms with Crippen LogP contribution in [0.2, 0.25) is 0 Å². The van der Waals surface area contributed by atoms with Crippen LogP contribution in [-0.4, -0.2) is 24.5 Å². The summed E-state index contributed by atoms with van der Waals surface area (Å²) in [5, 5.41) is 6.77. The second-order valence-electron chi connectivity index (χ2n) is 6.67. The Balaban J connectivity index is 1.37. The van der Waals surface area contributed by atoms with Crippen molar-refractivity contribution in [2.24, 2.45) is 5.92 Å². The number of amides is 1. The second kappa shape index (κ2) is 4.85. The predicted octanol–water partition coefficient (Wildman–Crippen LogP) is 2.80. The van der Waals surface area contributed by atoms with Crippen molar-refractivity contribution in [2.75, 3.05) is 6.54 Å². The third kappa shape index (κ3) is 2.77. The number of carbonyl (C=O) groups excluding carboxylic acids is 1. The van der Waals surface area contributed by atoms with Gasteiger partial charge in [-0.05, 0) is 57.6 Å². The maximum atomic E-state index is 12.2. The van der Waals surface area contributed by atoms with Crippen molar-refractivity contribution >= 4 is 17.2 Å². The zero-order valence-electron chi connectivity index (χ0n) is 11.9. The van der Waals surface area contributed by atoms with Gasteiger partial charge in [0, 0.05) is 27.8 Å². The topological polar surface area (TPSA) is 41.1 Å². The van der Waals surface area contributed by atoms with E-state index in [0.717, 1.165) is 24.3 Å². The maximum Gasteiger partial charge on any atom is 0.252 e. The minimum atomic E-state index is 0.135. The van der Waals surface area contributed by atoms with Gasteiger partial charge in [-0.1, -0.05) is 0 Å². The summed E-state index contributed by atoms with van der Waals surface area (Å²) in [5.41, 5.74) is 0.907. The standard InChI is InChI=1S/C16H22N2OS/c1-9-12(16(19)18-11-4-5-11)7-15(20-9)13-6-14(13)17-8-10-2-3-10/h7,10-11,13-14,17H,2-6,8H2,1H3,(H,18,19). The predicted molar refractivity (Wildman–Crippen MR) is 81.4 cm³/mol. The van der Waals surface area contributed by atoms with E-state index in [1.807, 2.05) is 11.3 Å². The highest BCUT2D eigenvalue weighted by Crippen LogP contribution is 2.45. The van der Waals surface area contributed by atoms with Gasteiger partial charge in [-0.2, -0.15) is 0 Å². The summed E-state index contributed by atoms with van der Waals surface area (Å²) in [5.74, 6) is 1.73. The molecule has 1 amide bonds. The lowest BCUT2D eigenvalue weighted by Gasteiger charge is -2.01. The molecule has 1 aromatic rings. The van der Waals surface area contributed by atoms with Crippen LogP contribution in [0.25, 0.3) is 0 Å². The highest BCUT2D eigenvalue weighted by atomic mass is 32.1. The average molecular weight is 290 g/mol. The lowest BCUT2D eigenvalue weighted by atomic mass is 10.2. The molecule has 0 radical (unpaired) electrons. The van der Waals surface area contributed by atoms with Gasteiger partial charge in [0.25, 0.3) is 5.91 Å². The van der Waals surface area contributed by atoms with Gasteiger partial charge in [0.05, 0.1) is 5.56 Å². The first kappa shape index (κ1) is 12.8. The van der Waals surface area contributed by atoms with Gasteiger partial charge >= 0.3 is 0 Å². The quantitative estimate of drug-likeness (QED) is 0.846. The van der Waals surface area contributed by atoms with E-state index in [1.165, 1.54) is 35.6 Å². The van der Waals surface area contributed by atoms with E-state index in [9.17, 15) is 4.79 Å². The van der Waals surface area contributed by atoms with E-state index >= 15 is 0 Å². The summed E-state index contributed by atoms with van der Waals surface area (Å²) in [7, 11) is 0. The van der Waals surface area contributed by atoms with E-state index < -0.39 is 0 Å². The van der Waals surface area contributed by atoms with Crippen LogP contribution in [0.5, 0.6) is 0 Å². The maximum absolute atomic E-state index is 12.2. The van der Waals surface area contributed by atoms with Crippen LogP contribution in [0.4, 0.5) is 0 Å². The minimum absolute atomic E-state index is 0.135. The van der Waals surface area contributed by atoms with Crippen molar-refractivity contribution in [1.29, 1.82) is 0 Å². The van der Waals surface area contributed by atoms with Gasteiger partial charge < -0.3 is 10.6 Å². The van der Waals surface area contributed by atoms with E-state index in [0.29, 0.717) is 18.0 Å². The van der Waals surface area contributed by atoms with E-state index in [1.54, 1.807) is 0 Å². The highest BCUT2D eigenvalue weighted by Gasteiger charge is 2.40. The molecule has 3 aliphatic rings. The fourth-order valence-electron chi connectivity index (χ4n) is 2.78. The fraction of sp³-hybridized carbons (Fsp3) is 0.688. The van der Waals surface area contributed by atoms with Crippen LogP contribution in [0.15, 0.2) is 6.07 Å². The van der Waals surface area contributed by atoms with Gasteiger partial charge in [-0.25, -0.2) is 0 Å². The number of hydrogen-bond acceptors (Lipinski definition) is 3. The Hall–Kier alpha value is -0.870. The number of rotatable bonds is 6. The number of nitrogens with one attached hydrogen (secondary N) is 2. The fourth-order valence-corrected chi connectivity index (χ4v) is 3.98. The molecule has 3 fully saturated rings. The van der Waals surface area contributed by atoms with Crippen molar-refractivity contribution in [3.8, 4) is 0 Å². The Morgan fingerprint density at radius 2 is 2.15 bits per heavy atom.